The van der Waals surface area contributed by atoms with Crippen molar-refractivity contribution in [3.05, 3.63) is 96.3 Å². The van der Waals surface area contributed by atoms with E-state index in [2.05, 4.69) is 26.1 Å². The van der Waals surface area contributed by atoms with Gasteiger partial charge in [-0.15, -0.1) is 0 Å². The Morgan fingerprint density at radius 1 is 0.765 bits per heavy atom. The molecule has 0 bridgehead atoms. The van der Waals surface area contributed by atoms with Crippen molar-refractivity contribution in [2.45, 2.75) is 77.0 Å². The van der Waals surface area contributed by atoms with Crippen molar-refractivity contribution < 1.29 is 43.9 Å². The number of hydrogen-bond acceptors (Lipinski definition) is 7. The summed E-state index contributed by atoms with van der Waals surface area (Å²) < 4.78 is 27.3. The van der Waals surface area contributed by atoms with Crippen molar-refractivity contribution >= 4 is 13.3 Å². The molecule has 0 amide bonds. The molecular formula is C42H57FO8. The zero-order chi connectivity index (χ0) is 38.0. The number of unbranched alkanes of at least 4 members (excludes halogenated alkanes) is 2. The molecule has 0 heterocycles. The maximum Gasteiger partial charge on any atom is 0.290 e. The van der Waals surface area contributed by atoms with Crippen LogP contribution in [0.25, 0.3) is 22.3 Å². The van der Waals surface area contributed by atoms with Crippen LogP contribution in [0, 0.1) is 11.7 Å². The second-order valence-corrected chi connectivity index (χ2v) is 12.3. The molecule has 3 aromatic carbocycles. The monoisotopic (exact) mass is 708 g/mol. The zero-order valence-corrected chi connectivity index (χ0v) is 30.3. The number of carbonyl (C=O) groups is 2. The van der Waals surface area contributed by atoms with Crippen LogP contribution < -0.4 is 9.47 Å². The molecule has 280 valence electrons. The van der Waals surface area contributed by atoms with Gasteiger partial charge in [-0.2, -0.15) is 0 Å². The summed E-state index contributed by atoms with van der Waals surface area (Å²) in [7, 11) is 1.00. The van der Waals surface area contributed by atoms with E-state index in [9.17, 15) is 10.2 Å². The number of aliphatic hydroxyl groups excluding tert-OH is 3. The summed E-state index contributed by atoms with van der Waals surface area (Å²) in [5.74, 6) is 2.34. The fourth-order valence-electron chi connectivity index (χ4n) is 6.03. The van der Waals surface area contributed by atoms with E-state index in [4.69, 9.17) is 29.3 Å². The number of benzene rings is 3. The lowest BCUT2D eigenvalue weighted by atomic mass is 9.76. The summed E-state index contributed by atoms with van der Waals surface area (Å²) in [4.78, 5) is 16.4. The summed E-state index contributed by atoms with van der Waals surface area (Å²) in [6, 6.07) is 19.6. The van der Waals surface area contributed by atoms with Crippen LogP contribution in [0.5, 0.6) is 11.5 Å². The van der Waals surface area contributed by atoms with E-state index >= 15 is 4.39 Å². The van der Waals surface area contributed by atoms with Gasteiger partial charge in [0.05, 0.1) is 26.4 Å². The Labute approximate surface area is 303 Å². The minimum Gasteiger partial charge on any atom is -0.493 e. The van der Waals surface area contributed by atoms with Gasteiger partial charge in [0.2, 0.25) is 0 Å². The summed E-state index contributed by atoms with van der Waals surface area (Å²) in [6.45, 7) is 12.3. The maximum absolute atomic E-state index is 15.4. The minimum absolute atomic E-state index is 0.0638. The standard InChI is InChI=1S/C39H49FO4.CH2O2.CH4O.CH2O/c1-4-5-6-7-30-8-10-33(11-9-30)38-17-16-34(24-39(38)40)31-12-14-32(15-13-31)35-22-36(43-20-18-28(2)26-41)25-37(23-35)44-21-19-29(3)27-42;2-1-3;2*1-2/h12-17,22-25,30,33,41-42H,2-11,18-21,26-27H2,1H3;1H,(H,2,3);2H,1H3;1H2. The third-order valence-corrected chi connectivity index (χ3v) is 8.83. The average molecular weight is 709 g/mol. The van der Waals surface area contributed by atoms with Crippen molar-refractivity contribution in [2.24, 2.45) is 5.92 Å². The molecule has 1 fully saturated rings. The highest BCUT2D eigenvalue weighted by Crippen LogP contribution is 2.40. The predicted molar refractivity (Wildman–Crippen MR) is 203 cm³/mol. The number of rotatable bonds is 17. The highest BCUT2D eigenvalue weighted by molar-refractivity contribution is 5.72. The summed E-state index contributed by atoms with van der Waals surface area (Å²) in [5.41, 5.74) is 6.05. The molecule has 0 saturated heterocycles. The first-order chi connectivity index (χ1) is 24.8. The van der Waals surface area contributed by atoms with E-state index in [0.717, 1.165) is 53.7 Å². The highest BCUT2D eigenvalue weighted by Gasteiger charge is 2.24. The van der Waals surface area contributed by atoms with Crippen molar-refractivity contribution in [3.8, 4) is 33.8 Å². The van der Waals surface area contributed by atoms with Crippen LogP contribution in [-0.4, -0.2) is 67.2 Å². The highest BCUT2D eigenvalue weighted by atomic mass is 19.1. The average Bonchev–Trinajstić information content (AvgIpc) is 3.17. The molecule has 0 spiro atoms. The fourth-order valence-corrected chi connectivity index (χ4v) is 6.03. The third-order valence-electron chi connectivity index (χ3n) is 8.83. The molecule has 9 heteroatoms. The first-order valence-corrected chi connectivity index (χ1v) is 17.5. The minimum atomic E-state index is -0.250. The zero-order valence-electron chi connectivity index (χ0n) is 30.3. The van der Waals surface area contributed by atoms with Crippen molar-refractivity contribution in [1.82, 2.24) is 0 Å². The Morgan fingerprint density at radius 3 is 1.69 bits per heavy atom. The number of hydrogen-bond donors (Lipinski definition) is 4. The summed E-state index contributed by atoms with van der Waals surface area (Å²) in [6.07, 6.45) is 10.9. The predicted octanol–water partition coefficient (Wildman–Crippen LogP) is 8.77. The second-order valence-electron chi connectivity index (χ2n) is 12.3. The van der Waals surface area contributed by atoms with Crippen LogP contribution in [0.3, 0.4) is 0 Å². The topological polar surface area (TPSA) is 134 Å². The van der Waals surface area contributed by atoms with Crippen LogP contribution in [0.2, 0.25) is 0 Å². The number of ether oxygens (including phenoxy) is 2. The molecule has 4 rings (SSSR count). The summed E-state index contributed by atoms with van der Waals surface area (Å²) >= 11 is 0. The lowest BCUT2D eigenvalue weighted by molar-refractivity contribution is -0.122. The Morgan fingerprint density at radius 2 is 1.24 bits per heavy atom. The Balaban J connectivity index is 0.00000173. The van der Waals surface area contributed by atoms with Crippen molar-refractivity contribution in [2.75, 3.05) is 33.5 Å². The lowest BCUT2D eigenvalue weighted by Crippen LogP contribution is -2.14. The van der Waals surface area contributed by atoms with Crippen LogP contribution in [0.1, 0.15) is 82.6 Å². The smallest absolute Gasteiger partial charge is 0.290 e. The fraction of sp³-hybridized carbons (Fsp3) is 0.429. The largest absolute Gasteiger partial charge is 0.493 e. The molecule has 1 saturated carbocycles. The molecule has 51 heavy (non-hydrogen) atoms. The molecule has 0 aromatic heterocycles. The number of carbonyl (C=O) groups excluding carboxylic acids is 1. The van der Waals surface area contributed by atoms with Gasteiger partial charge in [0.15, 0.2) is 0 Å². The van der Waals surface area contributed by atoms with Gasteiger partial charge in [-0.25, -0.2) is 4.39 Å². The van der Waals surface area contributed by atoms with E-state index in [1.165, 1.54) is 38.5 Å². The molecule has 0 radical (unpaired) electrons. The molecule has 3 aromatic rings. The molecule has 1 aliphatic rings. The van der Waals surface area contributed by atoms with E-state index in [1.54, 1.807) is 6.07 Å². The second kappa shape index (κ2) is 26.5. The van der Waals surface area contributed by atoms with Crippen molar-refractivity contribution in [3.63, 3.8) is 0 Å². The molecular weight excluding hydrogens is 651 g/mol. The normalized spacial score (nSPS) is 14.6. The van der Waals surface area contributed by atoms with Gasteiger partial charge in [0, 0.05) is 26.0 Å². The SMILES string of the molecule is C=C(CO)CCOc1cc(OCCC(=C)CO)cc(-c2ccc(-c3ccc(C4CCC(CCCCC)CC4)c(F)c3)cc2)c1.C=O.CO.O=CO. The van der Waals surface area contributed by atoms with Gasteiger partial charge in [-0.3, -0.25) is 4.79 Å². The maximum atomic E-state index is 15.4. The van der Waals surface area contributed by atoms with Crippen molar-refractivity contribution in [1.29, 1.82) is 0 Å². The van der Waals surface area contributed by atoms with Crippen LogP contribution >= 0.6 is 0 Å². The molecule has 8 nitrogen and oxygen atoms in total. The van der Waals surface area contributed by atoms with E-state index in [1.807, 2.05) is 55.3 Å². The van der Waals surface area contributed by atoms with E-state index in [-0.39, 0.29) is 25.5 Å². The Hall–Kier alpha value is -4.31. The van der Waals surface area contributed by atoms with E-state index < -0.39 is 0 Å². The molecule has 0 atom stereocenters. The Kier molecular flexibility index (Phi) is 23.2. The molecule has 0 aliphatic heterocycles. The molecule has 1 aliphatic carbocycles. The molecule has 4 N–H and O–H groups in total. The van der Waals surface area contributed by atoms with Crippen LogP contribution in [0.4, 0.5) is 4.39 Å². The van der Waals surface area contributed by atoms with Gasteiger partial charge >= 0.3 is 0 Å². The van der Waals surface area contributed by atoms with Crippen LogP contribution in [-0.2, 0) is 9.59 Å². The quantitative estimate of drug-likeness (QED) is 0.0622. The first kappa shape index (κ1) is 44.7. The summed E-state index contributed by atoms with van der Waals surface area (Å²) in [5, 5.41) is 32.4. The lowest BCUT2D eigenvalue weighted by Gasteiger charge is -2.29. The van der Waals surface area contributed by atoms with Gasteiger partial charge in [0.1, 0.15) is 24.1 Å². The van der Waals surface area contributed by atoms with Gasteiger partial charge < -0.3 is 34.7 Å². The number of halogens is 1. The number of aliphatic hydroxyl groups is 3. The van der Waals surface area contributed by atoms with Gasteiger partial charge in [-0.1, -0.05) is 82.2 Å². The first-order valence-electron chi connectivity index (χ1n) is 17.5. The van der Waals surface area contributed by atoms with Gasteiger partial charge in [0.25, 0.3) is 6.47 Å². The van der Waals surface area contributed by atoms with Crippen LogP contribution in [0.15, 0.2) is 85.0 Å². The number of carboxylic acid groups (broad SMARTS) is 1. The Bertz CT molecular complexity index is 1390. The third kappa shape index (κ3) is 16.1. The van der Waals surface area contributed by atoms with E-state index in [0.29, 0.717) is 54.6 Å². The van der Waals surface area contributed by atoms with Gasteiger partial charge in [-0.05, 0) is 94.7 Å². The molecule has 0 unspecified atom stereocenters.